The molecule has 1 aliphatic rings. The van der Waals surface area contributed by atoms with Crippen LogP contribution in [-0.4, -0.2) is 32.6 Å². The average molecular weight is 241 g/mol. The van der Waals surface area contributed by atoms with E-state index in [4.69, 9.17) is 4.74 Å². The van der Waals surface area contributed by atoms with E-state index < -0.39 is 14.1 Å². The highest BCUT2D eigenvalue weighted by atomic mass is 28.3. The number of amides is 1. The van der Waals surface area contributed by atoms with E-state index in [9.17, 15) is 9.59 Å². The minimum atomic E-state index is -1.42. The lowest BCUT2D eigenvalue weighted by Crippen LogP contribution is -2.34. The fourth-order valence-corrected chi connectivity index (χ4v) is 2.94. The van der Waals surface area contributed by atoms with E-state index in [0.29, 0.717) is 13.0 Å². The zero-order valence-electron chi connectivity index (χ0n) is 10.3. The molecule has 0 spiro atoms. The molecular weight excluding hydrogens is 222 g/mol. The highest BCUT2D eigenvalue weighted by Crippen LogP contribution is 2.18. The number of nitrogens with one attached hydrogen (secondary N) is 1. The molecule has 4 nitrogen and oxygen atoms in total. The molecule has 1 amide bonds. The summed E-state index contributed by atoms with van der Waals surface area (Å²) in [6.45, 7) is 8.58. The molecule has 0 aromatic carbocycles. The molecule has 0 saturated carbocycles. The van der Waals surface area contributed by atoms with Crippen LogP contribution < -0.4 is 5.32 Å². The second-order valence-corrected chi connectivity index (χ2v) is 10.0. The van der Waals surface area contributed by atoms with Crippen LogP contribution in [0.2, 0.25) is 19.6 Å². The Hall–Kier alpha value is -1.10. The van der Waals surface area contributed by atoms with Crippen LogP contribution in [0.1, 0.15) is 13.3 Å². The smallest absolute Gasteiger partial charge is 0.328 e. The summed E-state index contributed by atoms with van der Waals surface area (Å²) in [5.74, 6) is -0.463. The lowest BCUT2D eigenvalue weighted by atomic mass is 10.2. The monoisotopic (exact) mass is 241 g/mol. The molecule has 1 fully saturated rings. The maximum Gasteiger partial charge on any atom is 0.328 e. The van der Waals surface area contributed by atoms with Crippen LogP contribution in [0.25, 0.3) is 0 Å². The van der Waals surface area contributed by atoms with Gasteiger partial charge in [0.15, 0.2) is 0 Å². The number of carbonyl (C=O) groups excluding carboxylic acids is 2. The first kappa shape index (κ1) is 13.0. The van der Waals surface area contributed by atoms with Gasteiger partial charge in [-0.2, -0.15) is 0 Å². The fraction of sp³-hybridized carbons (Fsp3) is 0.636. The van der Waals surface area contributed by atoms with E-state index in [-0.39, 0.29) is 11.9 Å². The van der Waals surface area contributed by atoms with Gasteiger partial charge in [0.1, 0.15) is 6.04 Å². The third-order valence-electron chi connectivity index (χ3n) is 2.20. The zero-order valence-corrected chi connectivity index (χ0v) is 11.3. The molecule has 0 bridgehead atoms. The van der Waals surface area contributed by atoms with Crippen molar-refractivity contribution in [2.24, 2.45) is 0 Å². The second kappa shape index (κ2) is 4.82. The lowest BCUT2D eigenvalue weighted by molar-refractivity contribution is -0.145. The summed E-state index contributed by atoms with van der Waals surface area (Å²) in [6, 6.07) is -0.491. The number of hydrogen-bond donors (Lipinski definition) is 1. The van der Waals surface area contributed by atoms with E-state index in [2.05, 4.69) is 25.0 Å². The number of esters is 1. The van der Waals surface area contributed by atoms with Gasteiger partial charge in [-0.25, -0.2) is 4.79 Å². The number of rotatable bonds is 3. The standard InChI is InChI=1S/C11H19NO3Si/c1-5-15-11(14)9-6-8(10(13)12-9)7-16(2,3)4/h7,9H,5-6H2,1-4H3,(H,12,13)/b8-7+. The van der Waals surface area contributed by atoms with Crippen molar-refractivity contribution in [3.63, 3.8) is 0 Å². The molecule has 0 radical (unpaired) electrons. The van der Waals surface area contributed by atoms with Crippen molar-refractivity contribution in [3.05, 3.63) is 11.3 Å². The van der Waals surface area contributed by atoms with Crippen molar-refractivity contribution in [2.45, 2.75) is 39.0 Å². The van der Waals surface area contributed by atoms with Gasteiger partial charge in [0, 0.05) is 12.0 Å². The molecule has 1 saturated heterocycles. The topological polar surface area (TPSA) is 55.4 Å². The molecule has 1 rings (SSSR count). The Morgan fingerprint density at radius 3 is 2.69 bits per heavy atom. The third kappa shape index (κ3) is 3.48. The van der Waals surface area contributed by atoms with Gasteiger partial charge < -0.3 is 10.1 Å². The van der Waals surface area contributed by atoms with Gasteiger partial charge in [-0.3, -0.25) is 4.79 Å². The van der Waals surface area contributed by atoms with E-state index in [0.717, 1.165) is 5.57 Å². The van der Waals surface area contributed by atoms with Gasteiger partial charge in [0.2, 0.25) is 5.91 Å². The summed E-state index contributed by atoms with van der Waals surface area (Å²) in [5, 5.41) is 2.65. The normalized spacial score (nSPS) is 23.4. The van der Waals surface area contributed by atoms with Crippen molar-refractivity contribution >= 4 is 20.0 Å². The van der Waals surface area contributed by atoms with Gasteiger partial charge in [0.05, 0.1) is 14.7 Å². The first-order valence-electron chi connectivity index (χ1n) is 5.52. The van der Waals surface area contributed by atoms with E-state index in [1.54, 1.807) is 6.92 Å². The summed E-state index contributed by atoms with van der Waals surface area (Å²) in [6.07, 6.45) is 0.460. The third-order valence-corrected chi connectivity index (χ3v) is 3.41. The molecule has 1 unspecified atom stereocenters. The quantitative estimate of drug-likeness (QED) is 0.459. The van der Waals surface area contributed by atoms with E-state index in [1.165, 1.54) is 0 Å². The first-order chi connectivity index (χ1) is 7.33. The molecule has 1 atom stereocenters. The van der Waals surface area contributed by atoms with Crippen LogP contribution in [0.15, 0.2) is 11.3 Å². The van der Waals surface area contributed by atoms with Crippen molar-refractivity contribution in [2.75, 3.05) is 6.61 Å². The predicted molar refractivity (Wildman–Crippen MR) is 64.6 cm³/mol. The van der Waals surface area contributed by atoms with E-state index in [1.807, 2.05) is 5.70 Å². The van der Waals surface area contributed by atoms with Crippen molar-refractivity contribution in [1.82, 2.24) is 5.32 Å². The van der Waals surface area contributed by atoms with Gasteiger partial charge >= 0.3 is 5.97 Å². The summed E-state index contributed by atoms with van der Waals surface area (Å²) in [4.78, 5) is 23.1. The van der Waals surface area contributed by atoms with Crippen molar-refractivity contribution in [3.8, 4) is 0 Å². The molecule has 90 valence electrons. The largest absolute Gasteiger partial charge is 0.464 e. The maximum atomic E-state index is 11.6. The Morgan fingerprint density at radius 2 is 2.19 bits per heavy atom. The molecule has 5 heteroatoms. The molecule has 1 aliphatic heterocycles. The number of hydrogen-bond acceptors (Lipinski definition) is 3. The summed E-state index contributed by atoms with van der Waals surface area (Å²) < 4.78 is 4.88. The van der Waals surface area contributed by atoms with Crippen LogP contribution in [0, 0.1) is 0 Å². The Labute approximate surface area is 97.1 Å². The highest BCUT2D eigenvalue weighted by Gasteiger charge is 2.33. The van der Waals surface area contributed by atoms with Crippen LogP contribution in [0.4, 0.5) is 0 Å². The van der Waals surface area contributed by atoms with Gasteiger partial charge in [-0.15, -0.1) is 0 Å². The van der Waals surface area contributed by atoms with Crippen molar-refractivity contribution < 1.29 is 14.3 Å². The average Bonchev–Trinajstić information content (AvgIpc) is 2.45. The minimum Gasteiger partial charge on any atom is -0.464 e. The van der Waals surface area contributed by atoms with Crippen LogP contribution in [0.3, 0.4) is 0 Å². The number of ether oxygens (including phenoxy) is 1. The van der Waals surface area contributed by atoms with Crippen LogP contribution in [0.5, 0.6) is 0 Å². The Balaban J connectivity index is 2.71. The second-order valence-electron chi connectivity index (χ2n) is 5.02. The summed E-state index contributed by atoms with van der Waals surface area (Å²) in [5.41, 5.74) is 2.78. The van der Waals surface area contributed by atoms with Crippen LogP contribution >= 0.6 is 0 Å². The SMILES string of the molecule is CCOC(=O)C1C/C(=C\[Si](C)(C)C)C(=O)N1. The van der Waals surface area contributed by atoms with Crippen LogP contribution in [-0.2, 0) is 14.3 Å². The van der Waals surface area contributed by atoms with E-state index >= 15 is 0 Å². The Morgan fingerprint density at radius 1 is 1.56 bits per heavy atom. The molecule has 0 aliphatic carbocycles. The first-order valence-corrected chi connectivity index (χ1v) is 9.10. The van der Waals surface area contributed by atoms with Gasteiger partial charge in [-0.05, 0) is 6.92 Å². The summed E-state index contributed by atoms with van der Waals surface area (Å²) >= 11 is 0. The zero-order chi connectivity index (χ0) is 12.3. The highest BCUT2D eigenvalue weighted by molar-refractivity contribution is 6.81. The number of carbonyl (C=O) groups is 2. The molecule has 1 heterocycles. The molecular formula is C11H19NO3Si. The van der Waals surface area contributed by atoms with Gasteiger partial charge in [-0.1, -0.05) is 25.3 Å². The minimum absolute atomic E-state index is 0.125. The molecule has 0 aromatic rings. The Kier molecular flexibility index (Phi) is 3.91. The summed E-state index contributed by atoms with van der Waals surface area (Å²) in [7, 11) is -1.42. The predicted octanol–water partition coefficient (Wildman–Crippen LogP) is 1.24. The Bertz CT molecular complexity index is 331. The molecule has 1 N–H and O–H groups in total. The maximum absolute atomic E-state index is 11.6. The van der Waals surface area contributed by atoms with Gasteiger partial charge in [0.25, 0.3) is 0 Å². The molecule has 0 aromatic heterocycles. The fourth-order valence-electron chi connectivity index (χ4n) is 1.65. The van der Waals surface area contributed by atoms with Crippen molar-refractivity contribution in [1.29, 1.82) is 0 Å². The molecule has 16 heavy (non-hydrogen) atoms. The lowest BCUT2D eigenvalue weighted by Gasteiger charge is -2.10.